The summed E-state index contributed by atoms with van der Waals surface area (Å²) < 4.78 is 32.0. The molecule has 0 saturated carbocycles. The summed E-state index contributed by atoms with van der Waals surface area (Å²) in [6.45, 7) is 7.32. The Hall–Kier alpha value is -3.43. The van der Waals surface area contributed by atoms with Gasteiger partial charge in [-0.25, -0.2) is 14.2 Å². The van der Waals surface area contributed by atoms with E-state index in [1.165, 1.54) is 35.1 Å². The highest BCUT2D eigenvalue weighted by molar-refractivity contribution is 7.07. The summed E-state index contributed by atoms with van der Waals surface area (Å²) >= 11 is 7.65. The van der Waals surface area contributed by atoms with E-state index in [1.807, 2.05) is 13.8 Å². The fraction of sp³-hybridized carbons (Fsp3) is 0.296. The number of nitrogens with zero attached hydrogens (tertiary/aromatic N) is 2. The second-order valence-electron chi connectivity index (χ2n) is 8.55. The molecule has 0 amide bonds. The first-order chi connectivity index (χ1) is 17.6. The van der Waals surface area contributed by atoms with E-state index in [2.05, 4.69) is 4.99 Å². The number of halogens is 2. The number of carbonyl (C=O) groups is 1. The topological polar surface area (TPSA) is 79.1 Å². The predicted octanol–water partition coefficient (Wildman–Crippen LogP) is 4.39. The van der Waals surface area contributed by atoms with Gasteiger partial charge in [0.05, 0.1) is 46.7 Å². The van der Waals surface area contributed by atoms with Crippen LogP contribution in [-0.2, 0) is 9.53 Å². The molecule has 7 nitrogen and oxygen atoms in total. The highest BCUT2D eigenvalue weighted by Gasteiger charge is 2.33. The van der Waals surface area contributed by atoms with E-state index in [0.29, 0.717) is 42.7 Å². The standard InChI is InChI=1S/C27H26ClFN2O5S/c1-6-35-26(33)22-15(4)30-27-31(23(22)17-7-9-18(29)10-8-17)25(32)21(37-27)13-16-11-19(28)24(36-14(2)3)20(12-16)34-5/h7-14,23H,6H2,1-5H3/b21-13-/t23-/m1/s1. The molecule has 37 heavy (non-hydrogen) atoms. The number of fused-ring (bicyclic) bond motifs is 1. The van der Waals surface area contributed by atoms with Gasteiger partial charge in [-0.3, -0.25) is 9.36 Å². The summed E-state index contributed by atoms with van der Waals surface area (Å²) in [5.74, 6) is -0.150. The second kappa shape index (κ2) is 10.9. The summed E-state index contributed by atoms with van der Waals surface area (Å²) in [4.78, 5) is 31.6. The molecular formula is C27H26ClFN2O5S. The second-order valence-corrected chi connectivity index (χ2v) is 9.97. The lowest BCUT2D eigenvalue weighted by atomic mass is 9.96. The normalized spacial score (nSPS) is 15.5. The molecule has 0 fully saturated rings. The maximum Gasteiger partial charge on any atom is 0.338 e. The number of hydrogen-bond donors (Lipinski definition) is 0. The molecule has 2 heterocycles. The first-order valence-corrected chi connectivity index (χ1v) is 12.8. The first-order valence-electron chi connectivity index (χ1n) is 11.6. The molecule has 0 bridgehead atoms. The number of benzene rings is 2. The Balaban J connectivity index is 1.91. The molecule has 4 rings (SSSR count). The van der Waals surface area contributed by atoms with Crippen LogP contribution >= 0.6 is 22.9 Å². The van der Waals surface area contributed by atoms with Gasteiger partial charge in [-0.15, -0.1) is 0 Å². The summed E-state index contributed by atoms with van der Waals surface area (Å²) in [6.07, 6.45) is 1.58. The zero-order valence-electron chi connectivity index (χ0n) is 21.0. The van der Waals surface area contributed by atoms with E-state index < -0.39 is 17.8 Å². The molecule has 0 aliphatic carbocycles. The lowest BCUT2D eigenvalue weighted by molar-refractivity contribution is -0.139. The lowest BCUT2D eigenvalue weighted by Gasteiger charge is -2.24. The Labute approximate surface area is 222 Å². The van der Waals surface area contributed by atoms with Crippen LogP contribution in [0.25, 0.3) is 6.08 Å². The van der Waals surface area contributed by atoms with Crippen LogP contribution in [0.15, 0.2) is 57.5 Å². The Bertz CT molecular complexity index is 1560. The van der Waals surface area contributed by atoms with Gasteiger partial charge < -0.3 is 14.2 Å². The van der Waals surface area contributed by atoms with E-state index in [4.69, 9.17) is 25.8 Å². The fourth-order valence-corrected chi connectivity index (χ4v) is 5.39. The Morgan fingerprint density at radius 2 is 1.97 bits per heavy atom. The predicted molar refractivity (Wildman–Crippen MR) is 141 cm³/mol. The average Bonchev–Trinajstić information content (AvgIpc) is 3.14. The summed E-state index contributed by atoms with van der Waals surface area (Å²) in [5.41, 5.74) is 1.49. The van der Waals surface area contributed by atoms with Crippen molar-refractivity contribution >= 4 is 35.0 Å². The smallest absolute Gasteiger partial charge is 0.338 e. The minimum atomic E-state index is -0.821. The molecule has 0 spiro atoms. The van der Waals surface area contributed by atoms with Gasteiger partial charge in [0.25, 0.3) is 5.56 Å². The quantitative estimate of drug-likeness (QED) is 0.412. The van der Waals surface area contributed by atoms with Crippen LogP contribution in [-0.4, -0.2) is 30.4 Å². The van der Waals surface area contributed by atoms with Gasteiger partial charge in [-0.05, 0) is 69.2 Å². The summed E-state index contributed by atoms with van der Waals surface area (Å²) in [7, 11) is 1.51. The number of methoxy groups -OCH3 is 1. The minimum Gasteiger partial charge on any atom is -0.493 e. The van der Waals surface area contributed by atoms with E-state index in [0.717, 1.165) is 0 Å². The third-order valence-corrected chi connectivity index (χ3v) is 6.87. The minimum absolute atomic E-state index is 0.107. The molecule has 0 saturated heterocycles. The molecule has 1 aliphatic rings. The van der Waals surface area contributed by atoms with Crippen molar-refractivity contribution in [2.24, 2.45) is 4.99 Å². The van der Waals surface area contributed by atoms with Gasteiger partial charge in [0.1, 0.15) is 5.82 Å². The number of rotatable bonds is 7. The van der Waals surface area contributed by atoms with Crippen molar-refractivity contribution in [3.63, 3.8) is 0 Å². The Morgan fingerprint density at radius 3 is 2.59 bits per heavy atom. The van der Waals surface area contributed by atoms with Gasteiger partial charge >= 0.3 is 5.97 Å². The van der Waals surface area contributed by atoms with Crippen LogP contribution in [0.3, 0.4) is 0 Å². The number of allylic oxidation sites excluding steroid dienone is 1. The third-order valence-electron chi connectivity index (χ3n) is 5.61. The monoisotopic (exact) mass is 544 g/mol. The molecule has 0 radical (unpaired) electrons. The van der Waals surface area contributed by atoms with Crippen LogP contribution < -0.4 is 24.4 Å². The number of carbonyl (C=O) groups excluding carboxylic acids is 1. The number of hydrogen-bond acceptors (Lipinski definition) is 7. The zero-order valence-corrected chi connectivity index (χ0v) is 22.6. The number of aromatic nitrogens is 1. The van der Waals surface area contributed by atoms with Crippen LogP contribution in [0.4, 0.5) is 4.39 Å². The molecule has 3 aromatic rings. The maximum atomic E-state index is 13.7. The van der Waals surface area contributed by atoms with Crippen LogP contribution in [0, 0.1) is 5.82 Å². The molecule has 2 aromatic carbocycles. The molecule has 10 heteroatoms. The van der Waals surface area contributed by atoms with Crippen LogP contribution in [0.1, 0.15) is 44.9 Å². The van der Waals surface area contributed by atoms with Crippen LogP contribution in [0.5, 0.6) is 11.5 Å². The van der Waals surface area contributed by atoms with E-state index in [9.17, 15) is 14.0 Å². The summed E-state index contributed by atoms with van der Waals surface area (Å²) in [6, 6.07) is 8.27. The number of esters is 1. The van der Waals surface area contributed by atoms with E-state index in [-0.39, 0.29) is 23.8 Å². The van der Waals surface area contributed by atoms with Crippen molar-refractivity contribution in [1.29, 1.82) is 0 Å². The van der Waals surface area contributed by atoms with Crippen molar-refractivity contribution in [3.05, 3.63) is 89.3 Å². The van der Waals surface area contributed by atoms with Gasteiger partial charge in [-0.1, -0.05) is 35.1 Å². The number of ether oxygens (including phenoxy) is 3. The maximum absolute atomic E-state index is 13.7. The molecule has 0 unspecified atom stereocenters. The number of thiazole rings is 1. The largest absolute Gasteiger partial charge is 0.493 e. The Kier molecular flexibility index (Phi) is 7.85. The average molecular weight is 545 g/mol. The van der Waals surface area contributed by atoms with Gasteiger partial charge in [-0.2, -0.15) is 0 Å². The van der Waals surface area contributed by atoms with Crippen molar-refractivity contribution in [1.82, 2.24) is 4.57 Å². The van der Waals surface area contributed by atoms with Gasteiger partial charge in [0, 0.05) is 0 Å². The summed E-state index contributed by atoms with van der Waals surface area (Å²) in [5, 5.41) is 0.344. The van der Waals surface area contributed by atoms with E-state index in [1.54, 1.807) is 44.2 Å². The van der Waals surface area contributed by atoms with Gasteiger partial charge in [0.15, 0.2) is 16.3 Å². The Morgan fingerprint density at radius 1 is 1.27 bits per heavy atom. The SMILES string of the molecule is CCOC(=O)C1=C(C)N=c2s/c(=C\c3cc(Cl)c(OC(C)C)c(OC)c3)c(=O)n2[C@@H]1c1ccc(F)cc1. The molecule has 194 valence electrons. The van der Waals surface area contributed by atoms with Crippen molar-refractivity contribution < 1.29 is 23.4 Å². The highest BCUT2D eigenvalue weighted by atomic mass is 35.5. The molecule has 1 atom stereocenters. The third kappa shape index (κ3) is 5.33. The van der Waals surface area contributed by atoms with Crippen molar-refractivity contribution in [2.45, 2.75) is 39.8 Å². The van der Waals surface area contributed by atoms with Crippen LogP contribution in [0.2, 0.25) is 5.02 Å². The lowest BCUT2D eigenvalue weighted by Crippen LogP contribution is -2.39. The highest BCUT2D eigenvalue weighted by Crippen LogP contribution is 2.37. The van der Waals surface area contributed by atoms with Crippen molar-refractivity contribution in [2.75, 3.05) is 13.7 Å². The zero-order chi connectivity index (χ0) is 26.9. The van der Waals surface area contributed by atoms with Crippen molar-refractivity contribution in [3.8, 4) is 11.5 Å². The fourth-order valence-electron chi connectivity index (χ4n) is 4.08. The molecule has 0 N–H and O–H groups in total. The molecular weight excluding hydrogens is 519 g/mol. The molecule has 1 aliphatic heterocycles. The van der Waals surface area contributed by atoms with E-state index >= 15 is 0 Å². The van der Waals surface area contributed by atoms with Gasteiger partial charge in [0.2, 0.25) is 0 Å². The first kappa shape index (κ1) is 26.6. The molecule has 1 aromatic heterocycles.